The largest absolute Gasteiger partial charge is 0.316 e. The first kappa shape index (κ1) is 15.4. The number of halogens is 1. The fourth-order valence-electron chi connectivity index (χ4n) is 2.52. The van der Waals surface area contributed by atoms with Crippen LogP contribution in [0.3, 0.4) is 0 Å². The van der Waals surface area contributed by atoms with Gasteiger partial charge in [0, 0.05) is 41.2 Å². The van der Waals surface area contributed by atoms with E-state index in [0.717, 1.165) is 13.1 Å². The molecule has 1 saturated heterocycles. The molecule has 0 bridgehead atoms. The van der Waals surface area contributed by atoms with E-state index >= 15 is 0 Å². The van der Waals surface area contributed by atoms with Crippen LogP contribution in [0.5, 0.6) is 0 Å². The van der Waals surface area contributed by atoms with Gasteiger partial charge in [0.1, 0.15) is 0 Å². The van der Waals surface area contributed by atoms with E-state index in [1.165, 1.54) is 34.4 Å². The molecule has 1 aliphatic rings. The molecule has 1 fully saturated rings. The summed E-state index contributed by atoms with van der Waals surface area (Å²) in [6, 6.07) is 6.71. The Bertz CT molecular complexity index is 434. The van der Waals surface area contributed by atoms with Gasteiger partial charge in [-0.3, -0.25) is 4.90 Å². The standard InChI is InChI=1S/C15H23BrN2S/c1-15(2)11-18(6-7-19-15)10-13-5-4-12(9-17-3)8-14(13)16/h4-5,8,17H,6-7,9-11H2,1-3H3. The quantitative estimate of drug-likeness (QED) is 0.901. The second kappa shape index (κ2) is 6.61. The number of benzene rings is 1. The smallest absolute Gasteiger partial charge is 0.0245 e. The number of thioether (sulfide) groups is 1. The van der Waals surface area contributed by atoms with E-state index in [2.05, 4.69) is 70.0 Å². The van der Waals surface area contributed by atoms with Gasteiger partial charge in [0.15, 0.2) is 0 Å². The minimum absolute atomic E-state index is 0.386. The summed E-state index contributed by atoms with van der Waals surface area (Å²) in [5.41, 5.74) is 2.72. The van der Waals surface area contributed by atoms with Crippen molar-refractivity contribution in [2.45, 2.75) is 31.7 Å². The number of nitrogens with one attached hydrogen (secondary N) is 1. The zero-order chi connectivity index (χ0) is 13.9. The molecular formula is C15H23BrN2S. The van der Waals surface area contributed by atoms with Crippen LogP contribution in [0, 0.1) is 0 Å². The van der Waals surface area contributed by atoms with E-state index < -0.39 is 0 Å². The average molecular weight is 343 g/mol. The molecule has 0 aromatic heterocycles. The van der Waals surface area contributed by atoms with Crippen LogP contribution < -0.4 is 5.32 Å². The number of hydrogen-bond donors (Lipinski definition) is 1. The number of nitrogens with zero attached hydrogens (tertiary/aromatic N) is 1. The van der Waals surface area contributed by atoms with Gasteiger partial charge in [0.25, 0.3) is 0 Å². The first-order chi connectivity index (χ1) is 9.00. The van der Waals surface area contributed by atoms with Crippen molar-refractivity contribution in [2.75, 3.05) is 25.9 Å². The Morgan fingerprint density at radius 3 is 2.84 bits per heavy atom. The molecule has 0 saturated carbocycles. The molecule has 0 aliphatic carbocycles. The molecule has 0 radical (unpaired) electrons. The van der Waals surface area contributed by atoms with E-state index in [9.17, 15) is 0 Å². The topological polar surface area (TPSA) is 15.3 Å². The maximum absolute atomic E-state index is 3.71. The van der Waals surface area contributed by atoms with Crippen LogP contribution in [0.2, 0.25) is 0 Å². The van der Waals surface area contributed by atoms with E-state index in [0.29, 0.717) is 4.75 Å². The fraction of sp³-hybridized carbons (Fsp3) is 0.600. The third kappa shape index (κ3) is 4.48. The molecule has 2 nitrogen and oxygen atoms in total. The Labute approximate surface area is 129 Å². The zero-order valence-corrected chi connectivity index (χ0v) is 14.4. The predicted molar refractivity (Wildman–Crippen MR) is 88.7 cm³/mol. The molecule has 1 aromatic rings. The van der Waals surface area contributed by atoms with Crippen molar-refractivity contribution in [3.63, 3.8) is 0 Å². The third-order valence-corrected chi connectivity index (χ3v) is 5.43. The maximum atomic E-state index is 3.71. The van der Waals surface area contributed by atoms with Gasteiger partial charge in [0.2, 0.25) is 0 Å². The van der Waals surface area contributed by atoms with Gasteiger partial charge in [0.05, 0.1) is 0 Å². The summed E-state index contributed by atoms with van der Waals surface area (Å²) < 4.78 is 1.62. The lowest BCUT2D eigenvalue weighted by atomic mass is 10.1. The molecule has 106 valence electrons. The second-order valence-electron chi connectivity index (χ2n) is 5.77. The molecule has 19 heavy (non-hydrogen) atoms. The normalized spacial score (nSPS) is 19.6. The Kier molecular flexibility index (Phi) is 5.35. The first-order valence-corrected chi connectivity index (χ1v) is 8.56. The van der Waals surface area contributed by atoms with Crippen LogP contribution in [0.4, 0.5) is 0 Å². The van der Waals surface area contributed by atoms with Crippen LogP contribution in [0.1, 0.15) is 25.0 Å². The molecule has 1 heterocycles. The molecule has 1 aliphatic heterocycles. The van der Waals surface area contributed by atoms with Crippen molar-refractivity contribution in [1.29, 1.82) is 0 Å². The molecule has 0 unspecified atom stereocenters. The number of hydrogen-bond acceptors (Lipinski definition) is 3. The summed E-state index contributed by atoms with van der Waals surface area (Å²) in [5, 5.41) is 3.19. The third-order valence-electron chi connectivity index (χ3n) is 3.40. The van der Waals surface area contributed by atoms with Crippen molar-refractivity contribution < 1.29 is 0 Å². The minimum Gasteiger partial charge on any atom is -0.316 e. The van der Waals surface area contributed by atoms with Crippen LogP contribution in [0.15, 0.2) is 22.7 Å². The number of rotatable bonds is 4. The fourth-order valence-corrected chi connectivity index (χ4v) is 4.25. The van der Waals surface area contributed by atoms with Crippen LogP contribution >= 0.6 is 27.7 Å². The summed E-state index contributed by atoms with van der Waals surface area (Å²) >= 11 is 5.80. The van der Waals surface area contributed by atoms with Crippen molar-refractivity contribution >= 4 is 27.7 Å². The van der Waals surface area contributed by atoms with Gasteiger partial charge >= 0.3 is 0 Å². The van der Waals surface area contributed by atoms with E-state index in [4.69, 9.17) is 0 Å². The van der Waals surface area contributed by atoms with Gasteiger partial charge in [-0.1, -0.05) is 28.1 Å². The Hall–Kier alpha value is -0.0300. The Balaban J connectivity index is 2.02. The van der Waals surface area contributed by atoms with Crippen LogP contribution in [0.25, 0.3) is 0 Å². The molecule has 0 atom stereocenters. The SMILES string of the molecule is CNCc1ccc(CN2CCSC(C)(C)C2)c(Br)c1. The average Bonchev–Trinajstić information content (AvgIpc) is 2.32. The van der Waals surface area contributed by atoms with E-state index in [-0.39, 0.29) is 0 Å². The van der Waals surface area contributed by atoms with Crippen molar-refractivity contribution in [3.05, 3.63) is 33.8 Å². The molecule has 0 spiro atoms. The molecule has 4 heteroatoms. The van der Waals surface area contributed by atoms with Gasteiger partial charge in [-0.15, -0.1) is 0 Å². The van der Waals surface area contributed by atoms with E-state index in [1.54, 1.807) is 0 Å². The summed E-state index contributed by atoms with van der Waals surface area (Å²) in [6.07, 6.45) is 0. The van der Waals surface area contributed by atoms with Crippen LogP contribution in [-0.2, 0) is 13.1 Å². The highest BCUT2D eigenvalue weighted by molar-refractivity contribution is 9.10. The Morgan fingerprint density at radius 1 is 1.42 bits per heavy atom. The van der Waals surface area contributed by atoms with Crippen molar-refractivity contribution in [3.8, 4) is 0 Å². The highest BCUT2D eigenvalue weighted by Gasteiger charge is 2.27. The van der Waals surface area contributed by atoms with Crippen molar-refractivity contribution in [1.82, 2.24) is 10.2 Å². The minimum atomic E-state index is 0.386. The summed E-state index contributed by atoms with van der Waals surface area (Å²) in [4.78, 5) is 2.56. The lowest BCUT2D eigenvalue weighted by Gasteiger charge is -2.37. The molecule has 2 rings (SSSR count). The molecule has 1 aromatic carbocycles. The van der Waals surface area contributed by atoms with Gasteiger partial charge in [-0.05, 0) is 38.1 Å². The highest BCUT2D eigenvalue weighted by Crippen LogP contribution is 2.31. The summed E-state index contributed by atoms with van der Waals surface area (Å²) in [7, 11) is 1.98. The Morgan fingerprint density at radius 2 is 2.21 bits per heavy atom. The lowest BCUT2D eigenvalue weighted by molar-refractivity contribution is 0.252. The summed E-state index contributed by atoms with van der Waals surface area (Å²) in [6.45, 7) is 9.02. The first-order valence-electron chi connectivity index (χ1n) is 6.78. The van der Waals surface area contributed by atoms with Crippen molar-refractivity contribution in [2.24, 2.45) is 0 Å². The molecule has 1 N–H and O–H groups in total. The van der Waals surface area contributed by atoms with Crippen LogP contribution in [-0.4, -0.2) is 35.5 Å². The van der Waals surface area contributed by atoms with Gasteiger partial charge in [-0.25, -0.2) is 0 Å². The maximum Gasteiger partial charge on any atom is 0.0245 e. The molecule has 0 amide bonds. The van der Waals surface area contributed by atoms with E-state index in [1.807, 2.05) is 7.05 Å². The zero-order valence-electron chi connectivity index (χ0n) is 12.0. The van der Waals surface area contributed by atoms with Gasteiger partial charge in [-0.2, -0.15) is 11.8 Å². The molecular weight excluding hydrogens is 320 g/mol. The summed E-state index contributed by atoms with van der Waals surface area (Å²) in [5.74, 6) is 1.24. The lowest BCUT2D eigenvalue weighted by Crippen LogP contribution is -2.42. The second-order valence-corrected chi connectivity index (χ2v) is 8.43. The van der Waals surface area contributed by atoms with Gasteiger partial charge < -0.3 is 5.32 Å². The highest BCUT2D eigenvalue weighted by atomic mass is 79.9. The monoisotopic (exact) mass is 342 g/mol. The predicted octanol–water partition coefficient (Wildman–Crippen LogP) is 3.50.